The van der Waals surface area contributed by atoms with Gasteiger partial charge in [-0.05, 0) is 57.0 Å². The molecule has 0 aliphatic carbocycles. The standard InChI is InChI=1S/C27H28N6O3/c1-16-9-7-12-21-23(16)25(34)33(19-10-5-4-6-11-19)22(31-21)13-8-14-29-24-20(15-17(2)26(35)36)18(3)30-27(28)32-24/h4-7,9-12,15H,8,13-14H2,1-3H3,(H,35,36)(H3,28,29,30,32). The molecular formula is C27H28N6O3. The van der Waals surface area contributed by atoms with E-state index < -0.39 is 5.97 Å². The summed E-state index contributed by atoms with van der Waals surface area (Å²) in [5.41, 5.74) is 9.38. The Balaban J connectivity index is 1.62. The molecule has 4 N–H and O–H groups in total. The number of para-hydroxylation sites is 1. The quantitative estimate of drug-likeness (QED) is 0.253. The molecule has 2 heterocycles. The molecule has 0 saturated heterocycles. The lowest BCUT2D eigenvalue weighted by Crippen LogP contribution is -2.25. The number of hydrogen-bond acceptors (Lipinski definition) is 7. The largest absolute Gasteiger partial charge is 0.478 e. The second-order valence-corrected chi connectivity index (χ2v) is 8.57. The first-order valence-corrected chi connectivity index (χ1v) is 11.6. The number of rotatable bonds is 8. The Hall–Kier alpha value is -4.53. The van der Waals surface area contributed by atoms with Crippen molar-refractivity contribution in [2.24, 2.45) is 0 Å². The van der Waals surface area contributed by atoms with E-state index in [-0.39, 0.29) is 17.1 Å². The lowest BCUT2D eigenvalue weighted by atomic mass is 10.1. The highest BCUT2D eigenvalue weighted by atomic mass is 16.4. The Labute approximate surface area is 208 Å². The number of carboxylic acids is 1. The molecule has 0 saturated carbocycles. The third kappa shape index (κ3) is 5.10. The molecule has 0 unspecified atom stereocenters. The van der Waals surface area contributed by atoms with Crippen LogP contribution in [0.5, 0.6) is 0 Å². The smallest absolute Gasteiger partial charge is 0.331 e. The number of aryl methyl sites for hydroxylation is 3. The van der Waals surface area contributed by atoms with Gasteiger partial charge in [0.15, 0.2) is 0 Å². The number of nitrogens with one attached hydrogen (secondary N) is 1. The third-order valence-electron chi connectivity index (χ3n) is 5.91. The van der Waals surface area contributed by atoms with Gasteiger partial charge >= 0.3 is 5.97 Å². The highest BCUT2D eigenvalue weighted by molar-refractivity contribution is 5.92. The van der Waals surface area contributed by atoms with Crippen LogP contribution in [0, 0.1) is 13.8 Å². The maximum Gasteiger partial charge on any atom is 0.331 e. The van der Waals surface area contributed by atoms with E-state index in [2.05, 4.69) is 15.3 Å². The normalized spacial score (nSPS) is 11.6. The number of nitrogen functional groups attached to an aromatic ring is 1. The molecule has 36 heavy (non-hydrogen) atoms. The predicted octanol–water partition coefficient (Wildman–Crippen LogP) is 3.91. The van der Waals surface area contributed by atoms with Crippen LogP contribution in [-0.4, -0.2) is 37.1 Å². The molecule has 0 fully saturated rings. The van der Waals surface area contributed by atoms with Crippen molar-refractivity contribution in [2.75, 3.05) is 17.6 Å². The molecule has 4 rings (SSSR count). The summed E-state index contributed by atoms with van der Waals surface area (Å²) in [4.78, 5) is 38.1. The number of carboxylic acid groups (broad SMARTS) is 1. The van der Waals surface area contributed by atoms with Crippen molar-refractivity contribution in [1.29, 1.82) is 0 Å². The van der Waals surface area contributed by atoms with Crippen molar-refractivity contribution in [1.82, 2.24) is 19.5 Å². The first kappa shape index (κ1) is 24.6. The molecule has 0 aliphatic heterocycles. The number of carbonyl (C=O) groups is 1. The summed E-state index contributed by atoms with van der Waals surface area (Å²) in [7, 11) is 0. The lowest BCUT2D eigenvalue weighted by molar-refractivity contribution is -0.132. The number of nitrogens with zero attached hydrogens (tertiary/aromatic N) is 4. The Morgan fingerprint density at radius 1 is 1.08 bits per heavy atom. The summed E-state index contributed by atoms with van der Waals surface area (Å²) >= 11 is 0. The van der Waals surface area contributed by atoms with Crippen LogP contribution in [0.2, 0.25) is 0 Å². The molecule has 9 nitrogen and oxygen atoms in total. The average Bonchev–Trinajstić information content (AvgIpc) is 2.84. The van der Waals surface area contributed by atoms with Crippen LogP contribution in [0.1, 0.15) is 36.0 Å². The third-order valence-corrected chi connectivity index (χ3v) is 5.91. The van der Waals surface area contributed by atoms with Crippen LogP contribution in [0.4, 0.5) is 11.8 Å². The molecule has 9 heteroatoms. The zero-order chi connectivity index (χ0) is 25.8. The van der Waals surface area contributed by atoms with E-state index in [9.17, 15) is 14.7 Å². The number of anilines is 2. The second-order valence-electron chi connectivity index (χ2n) is 8.57. The highest BCUT2D eigenvalue weighted by Gasteiger charge is 2.15. The summed E-state index contributed by atoms with van der Waals surface area (Å²) < 4.78 is 1.67. The minimum absolute atomic E-state index is 0.0944. The van der Waals surface area contributed by atoms with E-state index in [1.807, 2.05) is 55.5 Å². The summed E-state index contributed by atoms with van der Waals surface area (Å²) in [6.45, 7) is 5.68. The molecule has 0 atom stereocenters. The summed E-state index contributed by atoms with van der Waals surface area (Å²) in [5, 5.41) is 13.1. The van der Waals surface area contributed by atoms with Gasteiger partial charge < -0.3 is 16.2 Å². The van der Waals surface area contributed by atoms with Crippen molar-refractivity contribution >= 4 is 34.7 Å². The molecule has 0 radical (unpaired) electrons. The van der Waals surface area contributed by atoms with Crippen LogP contribution in [0.25, 0.3) is 22.7 Å². The van der Waals surface area contributed by atoms with E-state index >= 15 is 0 Å². The maximum atomic E-state index is 13.5. The summed E-state index contributed by atoms with van der Waals surface area (Å²) in [6, 6.07) is 15.2. The molecule has 4 aromatic rings. The Morgan fingerprint density at radius 3 is 2.56 bits per heavy atom. The first-order valence-electron chi connectivity index (χ1n) is 11.6. The fourth-order valence-corrected chi connectivity index (χ4v) is 4.10. The van der Waals surface area contributed by atoms with Crippen LogP contribution >= 0.6 is 0 Å². The van der Waals surface area contributed by atoms with Crippen molar-refractivity contribution in [2.45, 2.75) is 33.6 Å². The average molecular weight is 485 g/mol. The minimum atomic E-state index is -1.02. The van der Waals surface area contributed by atoms with E-state index in [1.165, 1.54) is 13.0 Å². The number of fused-ring (bicyclic) bond motifs is 1. The van der Waals surface area contributed by atoms with Gasteiger partial charge in [0.2, 0.25) is 5.95 Å². The van der Waals surface area contributed by atoms with Gasteiger partial charge in [-0.15, -0.1) is 0 Å². The van der Waals surface area contributed by atoms with E-state index in [4.69, 9.17) is 10.7 Å². The molecule has 2 aromatic heterocycles. The van der Waals surface area contributed by atoms with Gasteiger partial charge in [0, 0.05) is 24.1 Å². The highest BCUT2D eigenvalue weighted by Crippen LogP contribution is 2.21. The SMILES string of the molecule is CC(=Cc1c(C)nc(N)nc1NCCCc1nc2cccc(C)c2c(=O)n1-c1ccccc1)C(=O)O. The molecule has 2 aromatic carbocycles. The summed E-state index contributed by atoms with van der Waals surface area (Å²) in [5.74, 6) is 0.202. The molecule has 184 valence electrons. The maximum absolute atomic E-state index is 13.5. The second kappa shape index (κ2) is 10.4. The van der Waals surface area contributed by atoms with Crippen molar-refractivity contribution < 1.29 is 9.90 Å². The fraction of sp³-hybridized carbons (Fsp3) is 0.222. The molecule has 0 aliphatic rings. The number of aliphatic carboxylic acids is 1. The van der Waals surface area contributed by atoms with Gasteiger partial charge in [0.25, 0.3) is 5.56 Å². The predicted molar refractivity (Wildman–Crippen MR) is 141 cm³/mol. The number of nitrogens with two attached hydrogens (primary N) is 1. The van der Waals surface area contributed by atoms with E-state index in [1.54, 1.807) is 11.5 Å². The van der Waals surface area contributed by atoms with Gasteiger partial charge in [0.1, 0.15) is 11.6 Å². The topological polar surface area (TPSA) is 136 Å². The molecule has 0 spiro atoms. The number of aromatic nitrogens is 4. The summed E-state index contributed by atoms with van der Waals surface area (Å²) in [6.07, 6.45) is 2.69. The van der Waals surface area contributed by atoms with E-state index in [0.29, 0.717) is 53.2 Å². The van der Waals surface area contributed by atoms with Gasteiger partial charge in [-0.1, -0.05) is 30.3 Å². The van der Waals surface area contributed by atoms with Crippen molar-refractivity contribution in [3.63, 3.8) is 0 Å². The zero-order valence-corrected chi connectivity index (χ0v) is 20.4. The lowest BCUT2D eigenvalue weighted by Gasteiger charge is -2.15. The first-order chi connectivity index (χ1) is 17.3. The molecule has 0 amide bonds. The number of hydrogen-bond donors (Lipinski definition) is 3. The molecular weight excluding hydrogens is 456 g/mol. The fourth-order valence-electron chi connectivity index (χ4n) is 4.10. The van der Waals surface area contributed by atoms with Crippen molar-refractivity contribution in [3.8, 4) is 5.69 Å². The van der Waals surface area contributed by atoms with Crippen LogP contribution in [0.3, 0.4) is 0 Å². The van der Waals surface area contributed by atoms with Gasteiger partial charge in [-0.25, -0.2) is 14.8 Å². The molecule has 0 bridgehead atoms. The van der Waals surface area contributed by atoms with Gasteiger partial charge in [-0.2, -0.15) is 4.98 Å². The zero-order valence-electron chi connectivity index (χ0n) is 20.4. The van der Waals surface area contributed by atoms with Crippen LogP contribution < -0.4 is 16.6 Å². The van der Waals surface area contributed by atoms with Crippen LogP contribution in [0.15, 0.2) is 58.9 Å². The van der Waals surface area contributed by atoms with Crippen LogP contribution in [-0.2, 0) is 11.2 Å². The minimum Gasteiger partial charge on any atom is -0.478 e. The Morgan fingerprint density at radius 2 is 1.83 bits per heavy atom. The van der Waals surface area contributed by atoms with Gasteiger partial charge in [-0.3, -0.25) is 9.36 Å². The van der Waals surface area contributed by atoms with Gasteiger partial charge in [0.05, 0.1) is 22.3 Å². The Kier molecular flexibility index (Phi) is 7.10. The number of benzene rings is 2. The monoisotopic (exact) mass is 484 g/mol. The van der Waals surface area contributed by atoms with Crippen molar-refractivity contribution in [3.05, 3.63) is 87.1 Å². The Bertz CT molecular complexity index is 1530. The van der Waals surface area contributed by atoms with E-state index in [0.717, 1.165) is 11.3 Å².